The van der Waals surface area contributed by atoms with Gasteiger partial charge in [-0.25, -0.2) is 4.79 Å². The molecule has 0 unspecified atom stereocenters. The highest BCUT2D eigenvalue weighted by Gasteiger charge is 2.25. The number of carbonyl (C=O) groups is 1. The summed E-state index contributed by atoms with van der Waals surface area (Å²) in [5.41, 5.74) is 0.880. The molecular weight excluding hydrogens is 312 g/mol. The zero-order valence-electron chi connectivity index (χ0n) is 15.0. The lowest BCUT2D eigenvalue weighted by atomic mass is 10.2. The molecule has 1 aromatic carbocycles. The van der Waals surface area contributed by atoms with Gasteiger partial charge in [-0.1, -0.05) is 0 Å². The van der Waals surface area contributed by atoms with Crippen molar-refractivity contribution in [2.75, 3.05) is 50.5 Å². The smallest absolute Gasteiger partial charge is 0.439 e. The van der Waals surface area contributed by atoms with Gasteiger partial charge < -0.3 is 19.1 Å². The molecule has 0 bridgehead atoms. The number of methoxy groups -OCH3 is 1. The number of ether oxygens (including phenoxy) is 3. The van der Waals surface area contributed by atoms with Crippen LogP contribution < -0.4 is 14.7 Å². The molecule has 0 aromatic heterocycles. The van der Waals surface area contributed by atoms with Crippen molar-refractivity contribution in [3.8, 4) is 5.75 Å². The molecule has 7 nitrogen and oxygen atoms in total. The second-order valence-corrected chi connectivity index (χ2v) is 6.45. The largest absolute Gasteiger partial charge is 0.497 e. The number of hydrogen-bond donors (Lipinski definition) is 0. The van der Waals surface area contributed by atoms with Crippen molar-refractivity contribution in [1.29, 1.82) is 0 Å². The van der Waals surface area contributed by atoms with Gasteiger partial charge in [0.15, 0.2) is 0 Å². The summed E-state index contributed by atoms with van der Waals surface area (Å²) in [7, 11) is 3.02. The van der Waals surface area contributed by atoms with Gasteiger partial charge >= 0.3 is 6.09 Å². The third-order valence-electron chi connectivity index (χ3n) is 3.46. The summed E-state index contributed by atoms with van der Waals surface area (Å²) in [5.74, 6) is 0.639. The highest BCUT2D eigenvalue weighted by Crippen LogP contribution is 2.30. The number of anilines is 2. The average Bonchev–Trinajstić information content (AvgIpc) is 2.54. The molecule has 1 aliphatic heterocycles. The summed E-state index contributed by atoms with van der Waals surface area (Å²) in [5, 5.41) is 1.12. The number of hydrogen-bond acceptors (Lipinski definition) is 6. The quantitative estimate of drug-likeness (QED) is 0.787. The Bertz CT molecular complexity index is 565. The van der Waals surface area contributed by atoms with Gasteiger partial charge in [0, 0.05) is 30.9 Å². The van der Waals surface area contributed by atoms with E-state index in [-0.39, 0.29) is 0 Å². The van der Waals surface area contributed by atoms with Crippen LogP contribution in [0.5, 0.6) is 5.75 Å². The first-order chi connectivity index (χ1) is 11.3. The monoisotopic (exact) mass is 338 g/mol. The van der Waals surface area contributed by atoms with Gasteiger partial charge in [-0.15, -0.1) is 0 Å². The van der Waals surface area contributed by atoms with Gasteiger partial charge in [-0.3, -0.25) is 4.84 Å². The predicted octanol–water partition coefficient (Wildman–Crippen LogP) is 2.83. The van der Waals surface area contributed by atoms with E-state index in [0.29, 0.717) is 24.7 Å². The molecule has 1 amide bonds. The van der Waals surface area contributed by atoms with E-state index in [4.69, 9.17) is 19.0 Å². The maximum Gasteiger partial charge on any atom is 0.439 e. The fourth-order valence-electron chi connectivity index (χ4n) is 2.40. The molecule has 0 saturated carbocycles. The number of morpholine rings is 1. The van der Waals surface area contributed by atoms with Crippen LogP contribution in [0.15, 0.2) is 18.2 Å². The van der Waals surface area contributed by atoms with Crippen LogP contribution in [0, 0.1) is 0 Å². The van der Waals surface area contributed by atoms with Gasteiger partial charge in [0.1, 0.15) is 11.4 Å². The first-order valence-corrected chi connectivity index (χ1v) is 7.93. The molecule has 2 rings (SSSR count). The topological polar surface area (TPSA) is 60.5 Å². The lowest BCUT2D eigenvalue weighted by Crippen LogP contribution is -2.37. The van der Waals surface area contributed by atoms with Crippen molar-refractivity contribution in [2.24, 2.45) is 0 Å². The van der Waals surface area contributed by atoms with Gasteiger partial charge in [-0.05, 0) is 26.8 Å². The standard InChI is InChI=1S/C17H26N2O5/c1-17(2,3)24-16(20)19(22-5)14-10-13(11-15(12-14)21-4)18-6-8-23-9-7-18/h10-12H,6-9H2,1-5H3. The van der Waals surface area contributed by atoms with Gasteiger partial charge in [0.05, 0.1) is 33.1 Å². The fourth-order valence-corrected chi connectivity index (χ4v) is 2.40. The number of hydroxylamine groups is 1. The van der Waals surface area contributed by atoms with Crippen molar-refractivity contribution < 1.29 is 23.8 Å². The number of benzene rings is 1. The van der Waals surface area contributed by atoms with Gasteiger partial charge in [0.25, 0.3) is 0 Å². The normalized spacial score (nSPS) is 15.1. The first-order valence-electron chi connectivity index (χ1n) is 7.93. The van der Waals surface area contributed by atoms with E-state index in [9.17, 15) is 4.79 Å². The molecule has 0 N–H and O–H groups in total. The Labute approximate surface area is 143 Å². The third kappa shape index (κ3) is 4.75. The Balaban J connectivity index is 2.30. The number of amides is 1. The minimum Gasteiger partial charge on any atom is -0.497 e. The average molecular weight is 338 g/mol. The van der Waals surface area contributed by atoms with E-state index < -0.39 is 11.7 Å². The summed E-state index contributed by atoms with van der Waals surface area (Å²) in [6.45, 7) is 8.34. The van der Waals surface area contributed by atoms with Gasteiger partial charge in [0.2, 0.25) is 0 Å². The molecule has 24 heavy (non-hydrogen) atoms. The molecule has 134 valence electrons. The zero-order valence-corrected chi connectivity index (χ0v) is 15.0. The lowest BCUT2D eigenvalue weighted by molar-refractivity contribution is 0.0328. The van der Waals surface area contributed by atoms with Crippen LogP contribution in [-0.2, 0) is 14.3 Å². The SMILES string of the molecule is COc1cc(N2CCOCC2)cc(N(OC)C(=O)OC(C)(C)C)c1. The molecule has 1 heterocycles. The maximum absolute atomic E-state index is 12.4. The van der Waals surface area contributed by atoms with Crippen LogP contribution in [0.4, 0.5) is 16.2 Å². The van der Waals surface area contributed by atoms with Crippen LogP contribution in [0.3, 0.4) is 0 Å². The number of carbonyl (C=O) groups excluding carboxylic acids is 1. The number of nitrogens with zero attached hydrogens (tertiary/aromatic N) is 2. The first kappa shape index (κ1) is 18.4. The molecule has 1 fully saturated rings. The molecule has 0 aliphatic carbocycles. The highest BCUT2D eigenvalue weighted by molar-refractivity contribution is 5.87. The molecule has 0 atom stereocenters. The van der Waals surface area contributed by atoms with Crippen molar-refractivity contribution >= 4 is 17.5 Å². The molecule has 1 saturated heterocycles. The van der Waals surface area contributed by atoms with E-state index in [2.05, 4.69) is 4.90 Å². The van der Waals surface area contributed by atoms with E-state index in [0.717, 1.165) is 23.8 Å². The molecule has 0 spiro atoms. The van der Waals surface area contributed by atoms with E-state index in [1.54, 1.807) is 13.2 Å². The second kappa shape index (κ2) is 7.72. The molecule has 1 aliphatic rings. The van der Waals surface area contributed by atoms with Crippen molar-refractivity contribution in [1.82, 2.24) is 0 Å². The van der Waals surface area contributed by atoms with E-state index >= 15 is 0 Å². The summed E-state index contributed by atoms with van der Waals surface area (Å²) in [6.07, 6.45) is -0.578. The summed E-state index contributed by atoms with van der Waals surface area (Å²) >= 11 is 0. The van der Waals surface area contributed by atoms with E-state index in [1.165, 1.54) is 7.11 Å². The van der Waals surface area contributed by atoms with Crippen LogP contribution >= 0.6 is 0 Å². The predicted molar refractivity (Wildman–Crippen MR) is 91.7 cm³/mol. The molecule has 7 heteroatoms. The van der Waals surface area contributed by atoms with Gasteiger partial charge in [-0.2, -0.15) is 5.06 Å². The lowest BCUT2D eigenvalue weighted by Gasteiger charge is -2.30. The van der Waals surface area contributed by atoms with E-state index in [1.807, 2.05) is 32.9 Å². The van der Waals surface area contributed by atoms with Crippen molar-refractivity contribution in [3.05, 3.63) is 18.2 Å². The van der Waals surface area contributed by atoms with Crippen molar-refractivity contribution in [3.63, 3.8) is 0 Å². The van der Waals surface area contributed by atoms with Crippen LogP contribution in [0.1, 0.15) is 20.8 Å². The summed E-state index contributed by atoms with van der Waals surface area (Å²) < 4.78 is 16.1. The Morgan fingerprint density at radius 3 is 2.38 bits per heavy atom. The Morgan fingerprint density at radius 1 is 1.17 bits per heavy atom. The Hall–Kier alpha value is -1.99. The van der Waals surface area contributed by atoms with Crippen LogP contribution in [0.25, 0.3) is 0 Å². The maximum atomic E-state index is 12.4. The van der Waals surface area contributed by atoms with Crippen LogP contribution in [0.2, 0.25) is 0 Å². The molecular formula is C17H26N2O5. The van der Waals surface area contributed by atoms with Crippen molar-refractivity contribution in [2.45, 2.75) is 26.4 Å². The second-order valence-electron chi connectivity index (χ2n) is 6.45. The minimum atomic E-state index is -0.611. The Morgan fingerprint density at radius 2 is 1.83 bits per heavy atom. The minimum absolute atomic E-state index is 0.549. The highest BCUT2D eigenvalue weighted by atomic mass is 16.7. The zero-order chi connectivity index (χ0) is 17.7. The fraction of sp³-hybridized carbons (Fsp3) is 0.588. The number of rotatable bonds is 4. The third-order valence-corrected chi connectivity index (χ3v) is 3.46. The Kier molecular flexibility index (Phi) is 5.90. The summed E-state index contributed by atoms with van der Waals surface area (Å²) in [4.78, 5) is 19.8. The molecule has 1 aromatic rings. The van der Waals surface area contributed by atoms with Crippen LogP contribution in [-0.4, -0.2) is 52.2 Å². The molecule has 0 radical (unpaired) electrons. The summed E-state index contributed by atoms with van der Waals surface area (Å²) in [6, 6.07) is 5.54.